The monoisotopic (exact) mass is 301 g/mol. The van der Waals surface area contributed by atoms with Crippen LogP contribution in [0, 0.1) is 0 Å². The number of hydrogen-bond donors (Lipinski definition) is 1. The smallest absolute Gasteiger partial charge is 0.335 e. The minimum atomic E-state index is -0.953. The van der Waals surface area contributed by atoms with Crippen molar-refractivity contribution in [3.05, 3.63) is 46.2 Å². The summed E-state index contributed by atoms with van der Waals surface area (Å²) in [5.74, 6) is -0.953. The van der Waals surface area contributed by atoms with Gasteiger partial charge < -0.3 is 5.11 Å². The molecule has 5 nitrogen and oxygen atoms in total. The van der Waals surface area contributed by atoms with Crippen LogP contribution < -0.4 is 0 Å². The molecule has 108 valence electrons. The van der Waals surface area contributed by atoms with Crippen molar-refractivity contribution >= 4 is 28.3 Å². The van der Waals surface area contributed by atoms with Crippen LogP contribution in [0.1, 0.15) is 29.1 Å². The van der Waals surface area contributed by atoms with Crippen molar-refractivity contribution in [2.45, 2.75) is 25.8 Å². The van der Waals surface area contributed by atoms with Gasteiger partial charge in [0.25, 0.3) is 0 Å². The van der Waals surface area contributed by atoms with E-state index in [1.807, 2.05) is 10.7 Å². The maximum absolute atomic E-state index is 11.0. The van der Waals surface area contributed by atoms with Crippen LogP contribution in [0.25, 0.3) is 11.0 Å². The van der Waals surface area contributed by atoms with Gasteiger partial charge in [-0.15, -0.1) is 16.4 Å². The van der Waals surface area contributed by atoms with Crippen LogP contribution in [0.4, 0.5) is 0 Å². The van der Waals surface area contributed by atoms with Crippen LogP contribution in [-0.4, -0.2) is 26.1 Å². The van der Waals surface area contributed by atoms with Crippen LogP contribution in [0.3, 0.4) is 0 Å². The predicted octanol–water partition coefficient (Wildman–Crippen LogP) is 3.17. The number of hydrogen-bond acceptors (Lipinski definition) is 4. The topological polar surface area (TPSA) is 68.0 Å². The molecule has 2 aromatic heterocycles. The number of aromatic carboxylic acids is 1. The van der Waals surface area contributed by atoms with Crippen molar-refractivity contribution in [2.24, 2.45) is 0 Å². The fraction of sp³-hybridized carbons (Fsp3) is 0.267. The molecule has 0 spiro atoms. The number of fused-ring (bicyclic) bond motifs is 1. The minimum Gasteiger partial charge on any atom is -0.478 e. The van der Waals surface area contributed by atoms with Gasteiger partial charge in [0.2, 0.25) is 0 Å². The Morgan fingerprint density at radius 3 is 2.86 bits per heavy atom. The van der Waals surface area contributed by atoms with Crippen molar-refractivity contribution < 1.29 is 9.90 Å². The molecule has 0 atom stereocenters. The summed E-state index contributed by atoms with van der Waals surface area (Å²) >= 11 is 1.72. The minimum absolute atomic E-state index is 0.0553. The third-order valence-electron chi connectivity index (χ3n) is 3.49. The summed E-state index contributed by atoms with van der Waals surface area (Å²) in [7, 11) is 0. The summed E-state index contributed by atoms with van der Waals surface area (Å²) in [5.41, 5.74) is 1.63. The van der Waals surface area contributed by atoms with Crippen molar-refractivity contribution in [2.75, 3.05) is 0 Å². The van der Waals surface area contributed by atoms with E-state index in [-0.39, 0.29) is 11.0 Å². The zero-order valence-corrected chi connectivity index (χ0v) is 12.6. The summed E-state index contributed by atoms with van der Waals surface area (Å²) < 4.78 is 1.83. The van der Waals surface area contributed by atoms with E-state index in [0.717, 1.165) is 5.52 Å². The molecule has 0 saturated carbocycles. The van der Waals surface area contributed by atoms with Gasteiger partial charge in [0.15, 0.2) is 0 Å². The standard InChI is InChI=1S/C15H15N3O2S/c1-15(2,13-4-3-7-21-13)9-18-12-6-5-10(14(19)20)8-11(12)16-17-18/h3-8H,9H2,1-2H3,(H,19,20). The molecule has 0 unspecified atom stereocenters. The van der Waals surface area contributed by atoms with Crippen molar-refractivity contribution in [1.82, 2.24) is 15.0 Å². The molecule has 0 aliphatic heterocycles. The van der Waals surface area contributed by atoms with E-state index in [0.29, 0.717) is 12.1 Å². The Hall–Kier alpha value is -2.21. The first-order valence-corrected chi connectivity index (χ1v) is 7.46. The van der Waals surface area contributed by atoms with Crippen LogP contribution >= 0.6 is 11.3 Å². The molecule has 0 saturated heterocycles. The molecule has 0 amide bonds. The number of carboxylic acid groups (broad SMARTS) is 1. The van der Waals surface area contributed by atoms with E-state index < -0.39 is 5.97 Å². The van der Waals surface area contributed by atoms with Gasteiger partial charge in [0, 0.05) is 10.3 Å². The average molecular weight is 301 g/mol. The van der Waals surface area contributed by atoms with Crippen LogP contribution in [0.5, 0.6) is 0 Å². The molecule has 0 fully saturated rings. The lowest BCUT2D eigenvalue weighted by Crippen LogP contribution is -2.24. The van der Waals surface area contributed by atoms with Crippen LogP contribution in [0.2, 0.25) is 0 Å². The highest BCUT2D eigenvalue weighted by molar-refractivity contribution is 7.10. The maximum Gasteiger partial charge on any atom is 0.335 e. The number of benzene rings is 1. The van der Waals surface area contributed by atoms with Gasteiger partial charge in [-0.25, -0.2) is 9.48 Å². The first kappa shape index (κ1) is 13.8. The Morgan fingerprint density at radius 2 is 2.19 bits per heavy atom. The highest BCUT2D eigenvalue weighted by Crippen LogP contribution is 2.30. The molecule has 1 aromatic carbocycles. The predicted molar refractivity (Wildman–Crippen MR) is 81.8 cm³/mol. The molecule has 0 aliphatic rings. The van der Waals surface area contributed by atoms with E-state index in [2.05, 4.69) is 35.6 Å². The highest BCUT2D eigenvalue weighted by Gasteiger charge is 2.24. The van der Waals surface area contributed by atoms with Gasteiger partial charge in [0.1, 0.15) is 5.52 Å². The molecular weight excluding hydrogens is 286 g/mol. The quantitative estimate of drug-likeness (QED) is 0.803. The largest absolute Gasteiger partial charge is 0.478 e. The van der Waals surface area contributed by atoms with Crippen LogP contribution in [-0.2, 0) is 12.0 Å². The third-order valence-corrected chi connectivity index (χ3v) is 4.73. The Bertz CT molecular complexity index is 790. The van der Waals surface area contributed by atoms with E-state index in [1.165, 1.54) is 4.88 Å². The number of rotatable bonds is 4. The summed E-state index contributed by atoms with van der Waals surface area (Å²) in [4.78, 5) is 12.3. The summed E-state index contributed by atoms with van der Waals surface area (Å²) in [5, 5.41) is 19.3. The molecule has 0 radical (unpaired) electrons. The molecular formula is C15H15N3O2S. The van der Waals surface area contributed by atoms with Crippen molar-refractivity contribution in [3.8, 4) is 0 Å². The van der Waals surface area contributed by atoms with Gasteiger partial charge in [-0.05, 0) is 29.6 Å². The third kappa shape index (κ3) is 2.54. The molecule has 6 heteroatoms. The van der Waals surface area contributed by atoms with Gasteiger partial charge in [-0.2, -0.15) is 0 Å². The second-order valence-corrected chi connectivity index (χ2v) is 6.56. The average Bonchev–Trinajstić information content (AvgIpc) is 3.08. The van der Waals surface area contributed by atoms with Gasteiger partial charge >= 0.3 is 5.97 Å². The Kier molecular flexibility index (Phi) is 3.25. The zero-order chi connectivity index (χ0) is 15.0. The van der Waals surface area contributed by atoms with Crippen molar-refractivity contribution in [1.29, 1.82) is 0 Å². The van der Waals surface area contributed by atoms with E-state index in [9.17, 15) is 4.79 Å². The van der Waals surface area contributed by atoms with Gasteiger partial charge in [-0.3, -0.25) is 0 Å². The second-order valence-electron chi connectivity index (χ2n) is 5.62. The first-order chi connectivity index (χ1) is 9.97. The van der Waals surface area contributed by atoms with E-state index >= 15 is 0 Å². The lowest BCUT2D eigenvalue weighted by molar-refractivity contribution is 0.0697. The highest BCUT2D eigenvalue weighted by atomic mass is 32.1. The Labute approximate surface area is 125 Å². The number of carbonyl (C=O) groups is 1. The molecule has 3 rings (SSSR count). The number of nitrogens with zero attached hydrogens (tertiary/aromatic N) is 3. The summed E-state index contributed by atoms with van der Waals surface area (Å²) in [6.45, 7) is 5.02. The fourth-order valence-corrected chi connectivity index (χ4v) is 3.18. The second kappa shape index (κ2) is 4.96. The fourth-order valence-electron chi connectivity index (χ4n) is 2.34. The number of aromatic nitrogens is 3. The molecule has 3 aromatic rings. The number of thiophene rings is 1. The van der Waals surface area contributed by atoms with E-state index in [1.54, 1.807) is 29.5 Å². The summed E-state index contributed by atoms with van der Waals surface area (Å²) in [6.07, 6.45) is 0. The van der Waals surface area contributed by atoms with Crippen LogP contribution in [0.15, 0.2) is 35.7 Å². The normalized spacial score (nSPS) is 11.9. The molecule has 0 aliphatic carbocycles. The lowest BCUT2D eigenvalue weighted by atomic mass is 9.91. The maximum atomic E-state index is 11.0. The molecule has 1 N–H and O–H groups in total. The van der Waals surface area contributed by atoms with E-state index in [4.69, 9.17) is 5.11 Å². The van der Waals surface area contributed by atoms with Gasteiger partial charge in [-0.1, -0.05) is 25.1 Å². The number of carboxylic acids is 1. The molecule has 0 bridgehead atoms. The summed E-state index contributed by atoms with van der Waals surface area (Å²) in [6, 6.07) is 9.07. The van der Waals surface area contributed by atoms with Crippen molar-refractivity contribution in [3.63, 3.8) is 0 Å². The van der Waals surface area contributed by atoms with Gasteiger partial charge in [0.05, 0.1) is 17.6 Å². The SMILES string of the molecule is CC(C)(Cn1nnc2cc(C(=O)O)ccc21)c1cccs1. The first-order valence-electron chi connectivity index (χ1n) is 6.58. The molecule has 21 heavy (non-hydrogen) atoms. The Balaban J connectivity index is 1.96. The molecule has 2 heterocycles. The zero-order valence-electron chi connectivity index (χ0n) is 11.8. The lowest BCUT2D eigenvalue weighted by Gasteiger charge is -2.23. The Morgan fingerprint density at radius 1 is 1.38 bits per heavy atom.